The molecule has 1 heterocycles. The Balaban J connectivity index is 1.86. The fraction of sp³-hybridized carbons (Fsp3) is 0.444. The molecule has 5 nitrogen and oxygen atoms in total. The summed E-state index contributed by atoms with van der Waals surface area (Å²) in [4.78, 5) is 12.2. The highest BCUT2D eigenvalue weighted by Gasteiger charge is 2.22. The van der Waals surface area contributed by atoms with Crippen LogP contribution in [0.3, 0.4) is 0 Å². The van der Waals surface area contributed by atoms with Crippen molar-refractivity contribution in [2.24, 2.45) is 0 Å². The molecule has 1 aromatic heterocycles. The van der Waals surface area contributed by atoms with E-state index in [1.165, 1.54) is 5.56 Å². The summed E-state index contributed by atoms with van der Waals surface area (Å²) in [6, 6.07) is 10.4. The lowest BCUT2D eigenvalue weighted by atomic mass is 10.0. The number of carbonyl (C=O) groups is 1. The van der Waals surface area contributed by atoms with Gasteiger partial charge in [-0.15, -0.1) is 0 Å². The first kappa shape index (κ1) is 18.5. The van der Waals surface area contributed by atoms with E-state index in [0.717, 1.165) is 0 Å². The predicted octanol–water partition coefficient (Wildman–Crippen LogP) is 3.42. The molecule has 0 spiro atoms. The van der Waals surface area contributed by atoms with Gasteiger partial charge in [0, 0.05) is 23.7 Å². The lowest BCUT2D eigenvalue weighted by Crippen LogP contribution is -2.50. The number of aryl methyl sites for hydroxylation is 1. The van der Waals surface area contributed by atoms with Crippen molar-refractivity contribution in [3.63, 3.8) is 0 Å². The van der Waals surface area contributed by atoms with Gasteiger partial charge in [-0.2, -0.15) is 0 Å². The van der Waals surface area contributed by atoms with Crippen LogP contribution in [-0.4, -0.2) is 23.1 Å². The van der Waals surface area contributed by atoms with Gasteiger partial charge in [0.1, 0.15) is 0 Å². The number of nitrogens with zero attached hydrogens (tertiary/aromatic N) is 1. The van der Waals surface area contributed by atoms with E-state index in [4.69, 9.17) is 16.1 Å². The number of nitrogens with one attached hydrogen (secondary N) is 2. The number of hydrogen-bond donors (Lipinski definition) is 2. The molecule has 0 saturated heterocycles. The normalized spacial score (nSPS) is 12.9. The van der Waals surface area contributed by atoms with Crippen LogP contribution in [0, 0.1) is 6.92 Å². The standard InChI is InChI=1S/C18H24ClN3O2/c1-12(14-8-6-5-7-9-14)21-18(3,4)11-20-16(23)10-15-13(2)22-24-17(15)19/h5-9,12,21H,10-11H2,1-4H3,(H,20,23)/t12-/m0/s1. The van der Waals surface area contributed by atoms with Crippen LogP contribution < -0.4 is 10.6 Å². The second kappa shape index (κ2) is 7.81. The van der Waals surface area contributed by atoms with E-state index in [2.05, 4.69) is 48.7 Å². The van der Waals surface area contributed by atoms with Gasteiger partial charge >= 0.3 is 0 Å². The SMILES string of the molecule is Cc1noc(Cl)c1CC(=O)NCC(C)(C)N[C@@H](C)c1ccccc1. The molecule has 1 atom stereocenters. The maximum atomic E-state index is 12.2. The van der Waals surface area contributed by atoms with Crippen LogP contribution in [-0.2, 0) is 11.2 Å². The average molecular weight is 350 g/mol. The second-order valence-corrected chi connectivity index (χ2v) is 6.98. The van der Waals surface area contributed by atoms with Gasteiger partial charge in [-0.1, -0.05) is 35.5 Å². The number of carbonyl (C=O) groups excluding carboxylic acids is 1. The van der Waals surface area contributed by atoms with Gasteiger partial charge < -0.3 is 15.2 Å². The van der Waals surface area contributed by atoms with Gasteiger partial charge in [-0.05, 0) is 44.9 Å². The molecule has 0 aliphatic carbocycles. The third-order valence-electron chi connectivity index (χ3n) is 3.91. The van der Waals surface area contributed by atoms with Crippen molar-refractivity contribution >= 4 is 17.5 Å². The number of hydrogen-bond acceptors (Lipinski definition) is 4. The molecule has 0 saturated carbocycles. The summed E-state index contributed by atoms with van der Waals surface area (Å²) in [5.74, 6) is -0.106. The fourth-order valence-corrected chi connectivity index (χ4v) is 2.80. The molecule has 0 radical (unpaired) electrons. The third kappa shape index (κ3) is 5.08. The van der Waals surface area contributed by atoms with Crippen molar-refractivity contribution in [2.75, 3.05) is 6.54 Å². The van der Waals surface area contributed by atoms with Crippen LogP contribution in [0.1, 0.15) is 43.6 Å². The van der Waals surface area contributed by atoms with Gasteiger partial charge in [0.25, 0.3) is 0 Å². The molecule has 0 fully saturated rings. The smallest absolute Gasteiger partial charge is 0.229 e. The Hall–Kier alpha value is -1.85. The third-order valence-corrected chi connectivity index (χ3v) is 4.21. The molecule has 24 heavy (non-hydrogen) atoms. The summed E-state index contributed by atoms with van der Waals surface area (Å²) in [6.45, 7) is 8.50. The molecule has 130 valence electrons. The summed E-state index contributed by atoms with van der Waals surface area (Å²) in [5.41, 5.74) is 2.24. The summed E-state index contributed by atoms with van der Waals surface area (Å²) in [6.07, 6.45) is 0.165. The Kier molecular flexibility index (Phi) is 6.02. The molecule has 2 rings (SSSR count). The Bertz CT molecular complexity index is 663. The minimum atomic E-state index is -0.252. The van der Waals surface area contributed by atoms with Crippen molar-refractivity contribution in [1.29, 1.82) is 0 Å². The monoisotopic (exact) mass is 349 g/mol. The first-order chi connectivity index (χ1) is 11.3. The Morgan fingerprint density at radius 1 is 1.33 bits per heavy atom. The van der Waals surface area contributed by atoms with Crippen molar-refractivity contribution < 1.29 is 9.32 Å². The molecule has 1 amide bonds. The van der Waals surface area contributed by atoms with E-state index in [-0.39, 0.29) is 29.1 Å². The van der Waals surface area contributed by atoms with Crippen LogP contribution in [0.2, 0.25) is 5.22 Å². The lowest BCUT2D eigenvalue weighted by Gasteiger charge is -2.31. The molecule has 2 N–H and O–H groups in total. The number of halogens is 1. The molecule has 0 aliphatic heterocycles. The van der Waals surface area contributed by atoms with E-state index < -0.39 is 0 Å². The predicted molar refractivity (Wildman–Crippen MR) is 95.0 cm³/mol. The molecule has 0 bridgehead atoms. The topological polar surface area (TPSA) is 67.2 Å². The van der Waals surface area contributed by atoms with Crippen LogP contribution in [0.25, 0.3) is 0 Å². The van der Waals surface area contributed by atoms with Crippen molar-refractivity contribution in [3.8, 4) is 0 Å². The largest absolute Gasteiger partial charge is 0.354 e. The Morgan fingerprint density at radius 3 is 2.58 bits per heavy atom. The molecule has 0 aliphatic rings. The van der Waals surface area contributed by atoms with E-state index in [9.17, 15) is 4.79 Å². The Morgan fingerprint density at radius 2 is 2.00 bits per heavy atom. The zero-order valence-corrected chi connectivity index (χ0v) is 15.3. The molecular weight excluding hydrogens is 326 g/mol. The van der Waals surface area contributed by atoms with Crippen molar-refractivity contribution in [3.05, 3.63) is 52.4 Å². The summed E-state index contributed by atoms with van der Waals surface area (Å²) in [5, 5.41) is 10.4. The van der Waals surface area contributed by atoms with E-state index in [0.29, 0.717) is 17.8 Å². The van der Waals surface area contributed by atoms with Gasteiger partial charge in [0.15, 0.2) is 0 Å². The highest BCUT2D eigenvalue weighted by atomic mass is 35.5. The first-order valence-corrected chi connectivity index (χ1v) is 8.36. The molecule has 2 aromatic rings. The Labute approximate surface area is 147 Å². The number of benzene rings is 1. The average Bonchev–Trinajstić information content (AvgIpc) is 2.85. The lowest BCUT2D eigenvalue weighted by molar-refractivity contribution is -0.120. The van der Waals surface area contributed by atoms with Gasteiger partial charge in [0.05, 0.1) is 12.1 Å². The molecule has 6 heteroatoms. The number of amides is 1. The van der Waals surface area contributed by atoms with Crippen LogP contribution in [0.4, 0.5) is 0 Å². The highest BCUT2D eigenvalue weighted by Crippen LogP contribution is 2.19. The maximum absolute atomic E-state index is 12.2. The second-order valence-electron chi connectivity index (χ2n) is 6.63. The minimum absolute atomic E-state index is 0.106. The molecular formula is C18H24ClN3O2. The zero-order valence-electron chi connectivity index (χ0n) is 14.5. The van der Waals surface area contributed by atoms with Gasteiger partial charge in [0.2, 0.25) is 11.1 Å². The maximum Gasteiger partial charge on any atom is 0.229 e. The van der Waals surface area contributed by atoms with E-state index in [1.807, 2.05) is 18.2 Å². The fourth-order valence-electron chi connectivity index (χ4n) is 2.56. The van der Waals surface area contributed by atoms with Gasteiger partial charge in [-0.3, -0.25) is 4.79 Å². The number of aromatic nitrogens is 1. The quantitative estimate of drug-likeness (QED) is 0.803. The van der Waals surface area contributed by atoms with Crippen molar-refractivity contribution in [2.45, 2.75) is 45.7 Å². The first-order valence-electron chi connectivity index (χ1n) is 7.98. The molecule has 0 unspecified atom stereocenters. The summed E-state index contributed by atoms with van der Waals surface area (Å²) >= 11 is 5.89. The summed E-state index contributed by atoms with van der Waals surface area (Å²) in [7, 11) is 0. The van der Waals surface area contributed by atoms with Crippen LogP contribution in [0.15, 0.2) is 34.9 Å². The minimum Gasteiger partial charge on any atom is -0.354 e. The van der Waals surface area contributed by atoms with Crippen molar-refractivity contribution in [1.82, 2.24) is 15.8 Å². The van der Waals surface area contributed by atoms with E-state index in [1.54, 1.807) is 6.92 Å². The molecule has 1 aromatic carbocycles. The van der Waals surface area contributed by atoms with Crippen LogP contribution >= 0.6 is 11.6 Å². The van der Waals surface area contributed by atoms with Gasteiger partial charge in [-0.25, -0.2) is 0 Å². The highest BCUT2D eigenvalue weighted by molar-refractivity contribution is 6.29. The summed E-state index contributed by atoms with van der Waals surface area (Å²) < 4.78 is 4.87. The number of rotatable bonds is 7. The van der Waals surface area contributed by atoms with E-state index >= 15 is 0 Å². The zero-order chi connectivity index (χ0) is 17.7. The van der Waals surface area contributed by atoms with Crippen LogP contribution in [0.5, 0.6) is 0 Å².